The molecule has 1 heterocycles. The maximum Gasteiger partial charge on any atom is 0.257 e. The summed E-state index contributed by atoms with van der Waals surface area (Å²) in [5.74, 6) is -0.671. The number of hydrogen-bond donors (Lipinski definition) is 2. The summed E-state index contributed by atoms with van der Waals surface area (Å²) >= 11 is 3.37. The van der Waals surface area contributed by atoms with Crippen LogP contribution in [0.2, 0.25) is 0 Å². The molecule has 0 saturated carbocycles. The quantitative estimate of drug-likeness (QED) is 0.467. The zero-order valence-electron chi connectivity index (χ0n) is 15.5. The molecule has 0 saturated heterocycles. The highest BCUT2D eigenvalue weighted by atomic mass is 79.9. The van der Waals surface area contributed by atoms with Gasteiger partial charge in [0.25, 0.3) is 11.8 Å². The van der Waals surface area contributed by atoms with Crippen LogP contribution in [0.3, 0.4) is 0 Å². The van der Waals surface area contributed by atoms with Crippen LogP contribution in [0, 0.1) is 0 Å². The van der Waals surface area contributed by atoms with Gasteiger partial charge in [-0.1, -0.05) is 30.3 Å². The van der Waals surface area contributed by atoms with E-state index in [1.54, 1.807) is 60.7 Å². The molecule has 9 heteroatoms. The summed E-state index contributed by atoms with van der Waals surface area (Å²) in [7, 11) is 0. The Morgan fingerprint density at radius 2 is 1.57 bits per heavy atom. The van der Waals surface area contributed by atoms with Crippen molar-refractivity contribution in [2.45, 2.75) is 0 Å². The Kier molecular flexibility index (Phi) is 5.62. The number of amides is 2. The van der Waals surface area contributed by atoms with Crippen LogP contribution in [0.5, 0.6) is 0 Å². The summed E-state index contributed by atoms with van der Waals surface area (Å²) in [5, 5.41) is 16.7. The average Bonchev–Trinajstić information content (AvgIpc) is 3.29. The first kappa shape index (κ1) is 19.5. The molecule has 0 aliphatic heterocycles. The Balaban J connectivity index is 1.55. The number of hydrogen-bond acceptors (Lipinski definition) is 5. The molecule has 2 N–H and O–H groups in total. The summed E-state index contributed by atoms with van der Waals surface area (Å²) < 4.78 is 2.16. The fourth-order valence-corrected chi connectivity index (χ4v) is 3.29. The molecule has 0 atom stereocenters. The van der Waals surface area contributed by atoms with Crippen LogP contribution in [0.4, 0.5) is 11.4 Å². The minimum Gasteiger partial charge on any atom is -0.322 e. The highest BCUT2D eigenvalue weighted by Gasteiger charge is 2.16. The lowest BCUT2D eigenvalue weighted by Gasteiger charge is -2.12. The number of nitrogens with zero attached hydrogens (tertiary/aromatic N) is 4. The molecule has 0 spiro atoms. The van der Waals surface area contributed by atoms with Gasteiger partial charge in [0.2, 0.25) is 0 Å². The summed E-state index contributed by atoms with van der Waals surface area (Å²) in [6.45, 7) is 0. The van der Waals surface area contributed by atoms with Crippen molar-refractivity contribution in [3.8, 4) is 5.69 Å². The second-order valence-electron chi connectivity index (χ2n) is 6.24. The molecule has 0 fully saturated rings. The largest absolute Gasteiger partial charge is 0.322 e. The van der Waals surface area contributed by atoms with Crippen LogP contribution in [0.25, 0.3) is 5.69 Å². The van der Waals surface area contributed by atoms with Crippen LogP contribution in [-0.4, -0.2) is 32.0 Å². The molecule has 0 unspecified atom stereocenters. The number of anilines is 2. The number of benzene rings is 3. The van der Waals surface area contributed by atoms with Gasteiger partial charge in [-0.05, 0) is 68.8 Å². The Hall–Kier alpha value is -3.85. The van der Waals surface area contributed by atoms with Gasteiger partial charge in [-0.25, -0.2) is 4.68 Å². The topological polar surface area (TPSA) is 102 Å². The van der Waals surface area contributed by atoms with Gasteiger partial charge < -0.3 is 10.6 Å². The molecule has 8 nitrogen and oxygen atoms in total. The van der Waals surface area contributed by atoms with Crippen LogP contribution >= 0.6 is 15.9 Å². The van der Waals surface area contributed by atoms with E-state index in [4.69, 9.17) is 0 Å². The first-order valence-electron chi connectivity index (χ1n) is 8.91. The minimum atomic E-state index is -0.355. The van der Waals surface area contributed by atoms with E-state index < -0.39 is 0 Å². The van der Waals surface area contributed by atoms with E-state index in [1.807, 2.05) is 12.1 Å². The van der Waals surface area contributed by atoms with Crippen molar-refractivity contribution in [2.24, 2.45) is 0 Å². The molecule has 0 bridgehead atoms. The number of rotatable bonds is 5. The fraction of sp³-hybridized carbons (Fsp3) is 0. The molecular formula is C21H15BrN6O2. The highest BCUT2D eigenvalue weighted by Crippen LogP contribution is 2.22. The number of nitrogens with one attached hydrogen (secondary N) is 2. The molecule has 4 aromatic rings. The van der Waals surface area contributed by atoms with E-state index in [0.717, 1.165) is 0 Å². The van der Waals surface area contributed by atoms with Crippen molar-refractivity contribution in [3.05, 3.63) is 94.7 Å². The molecule has 0 aliphatic rings. The first-order chi connectivity index (χ1) is 14.6. The van der Waals surface area contributed by atoms with E-state index in [1.165, 1.54) is 11.0 Å². The fourth-order valence-electron chi connectivity index (χ4n) is 2.83. The van der Waals surface area contributed by atoms with E-state index in [9.17, 15) is 9.59 Å². The lowest BCUT2D eigenvalue weighted by Crippen LogP contribution is -2.18. The highest BCUT2D eigenvalue weighted by molar-refractivity contribution is 9.10. The third-order valence-corrected chi connectivity index (χ3v) is 4.95. The van der Waals surface area contributed by atoms with Gasteiger partial charge in [-0.15, -0.1) is 5.10 Å². The zero-order valence-corrected chi connectivity index (χ0v) is 17.1. The van der Waals surface area contributed by atoms with E-state index in [2.05, 4.69) is 42.1 Å². The van der Waals surface area contributed by atoms with Gasteiger partial charge in [0.05, 0.1) is 22.5 Å². The number of aromatic nitrogens is 4. The second-order valence-corrected chi connectivity index (χ2v) is 7.09. The van der Waals surface area contributed by atoms with E-state index >= 15 is 0 Å². The van der Waals surface area contributed by atoms with Crippen LogP contribution in [0.15, 0.2) is 83.6 Å². The Bertz CT molecular complexity index is 1210. The lowest BCUT2D eigenvalue weighted by atomic mass is 10.1. The SMILES string of the molecule is O=C(Nc1ccccc1C(=O)Nc1cccc(-n2cnnn2)c1)c1ccccc1Br. The number of halogens is 1. The van der Waals surface area contributed by atoms with E-state index in [-0.39, 0.29) is 11.8 Å². The van der Waals surface area contributed by atoms with Crippen LogP contribution in [-0.2, 0) is 0 Å². The Morgan fingerprint density at radius 1 is 0.833 bits per heavy atom. The maximum absolute atomic E-state index is 12.9. The van der Waals surface area contributed by atoms with E-state index in [0.29, 0.717) is 32.7 Å². The van der Waals surface area contributed by atoms with Gasteiger partial charge in [0.15, 0.2) is 0 Å². The average molecular weight is 463 g/mol. The molecule has 0 radical (unpaired) electrons. The zero-order chi connectivity index (χ0) is 20.9. The number of carbonyl (C=O) groups excluding carboxylic acids is 2. The molecular weight excluding hydrogens is 448 g/mol. The lowest BCUT2D eigenvalue weighted by molar-refractivity contribution is 0.102. The molecule has 2 amide bonds. The van der Waals surface area contributed by atoms with Crippen molar-refractivity contribution in [1.29, 1.82) is 0 Å². The Morgan fingerprint density at radius 3 is 2.33 bits per heavy atom. The molecule has 3 aromatic carbocycles. The summed E-state index contributed by atoms with van der Waals surface area (Å²) in [6, 6.07) is 21.0. The molecule has 148 valence electrons. The van der Waals surface area contributed by atoms with Crippen LogP contribution in [0.1, 0.15) is 20.7 Å². The first-order valence-corrected chi connectivity index (χ1v) is 9.71. The monoisotopic (exact) mass is 462 g/mol. The number of para-hydroxylation sites is 1. The van der Waals surface area contributed by atoms with Gasteiger partial charge in [-0.2, -0.15) is 0 Å². The van der Waals surface area contributed by atoms with Gasteiger partial charge in [0.1, 0.15) is 6.33 Å². The smallest absolute Gasteiger partial charge is 0.257 e. The van der Waals surface area contributed by atoms with Crippen molar-refractivity contribution in [1.82, 2.24) is 20.2 Å². The second kappa shape index (κ2) is 8.66. The number of carbonyl (C=O) groups is 2. The van der Waals surface area contributed by atoms with Crippen molar-refractivity contribution < 1.29 is 9.59 Å². The summed E-state index contributed by atoms with van der Waals surface area (Å²) in [4.78, 5) is 25.5. The van der Waals surface area contributed by atoms with Gasteiger partial charge >= 0.3 is 0 Å². The third kappa shape index (κ3) is 4.26. The molecule has 0 aliphatic carbocycles. The van der Waals surface area contributed by atoms with Crippen molar-refractivity contribution >= 4 is 39.1 Å². The molecule has 30 heavy (non-hydrogen) atoms. The van der Waals surface area contributed by atoms with Crippen molar-refractivity contribution in [2.75, 3.05) is 10.6 Å². The van der Waals surface area contributed by atoms with Gasteiger partial charge in [0, 0.05) is 10.2 Å². The summed E-state index contributed by atoms with van der Waals surface area (Å²) in [5.41, 5.74) is 2.49. The third-order valence-electron chi connectivity index (χ3n) is 4.26. The predicted octanol–water partition coefficient (Wildman–Crippen LogP) is 3.93. The standard InChI is InChI=1S/C21H15BrN6O2/c22-18-10-3-1-8-16(18)20(29)25-19-11-4-2-9-17(19)21(30)24-14-6-5-7-15(12-14)28-13-23-26-27-28/h1-13H,(H,24,30)(H,25,29). The number of tetrazole rings is 1. The summed E-state index contributed by atoms with van der Waals surface area (Å²) in [6.07, 6.45) is 1.47. The normalized spacial score (nSPS) is 10.4. The van der Waals surface area contributed by atoms with Gasteiger partial charge in [-0.3, -0.25) is 9.59 Å². The van der Waals surface area contributed by atoms with Crippen LogP contribution < -0.4 is 10.6 Å². The molecule has 1 aromatic heterocycles. The maximum atomic E-state index is 12.9. The van der Waals surface area contributed by atoms with Crippen molar-refractivity contribution in [3.63, 3.8) is 0 Å². The molecule has 4 rings (SSSR count). The Labute approximate surface area is 180 Å². The minimum absolute atomic E-state index is 0.316. The predicted molar refractivity (Wildman–Crippen MR) is 116 cm³/mol.